The summed E-state index contributed by atoms with van der Waals surface area (Å²) < 4.78 is 1.38. The van der Waals surface area contributed by atoms with Crippen LogP contribution >= 0.6 is 0 Å². The third-order valence-electron chi connectivity index (χ3n) is 2.44. The molecule has 0 unspecified atom stereocenters. The van der Waals surface area contributed by atoms with Crippen molar-refractivity contribution in [3.8, 4) is 0 Å². The van der Waals surface area contributed by atoms with Crippen molar-refractivity contribution in [3.05, 3.63) is 50.4 Å². The Kier molecular flexibility index (Phi) is 4.63. The van der Waals surface area contributed by atoms with Crippen LogP contribution in [0, 0.1) is 17.0 Å². The van der Waals surface area contributed by atoms with Crippen LogP contribution in [0.15, 0.2) is 29.2 Å². The predicted octanol–water partition coefficient (Wildman–Crippen LogP) is 2.42. The first-order chi connectivity index (χ1) is 8.06. The minimum Gasteiger partial charge on any atom is -0.309 e. The fraction of sp³-hybridized carbons (Fsp3) is 0.417. The van der Waals surface area contributed by atoms with Crippen LogP contribution in [0.25, 0.3) is 0 Å². The Balaban J connectivity index is 2.92. The Morgan fingerprint density at radius 3 is 2.76 bits per heavy atom. The van der Waals surface area contributed by atoms with Crippen molar-refractivity contribution in [2.45, 2.75) is 33.2 Å². The summed E-state index contributed by atoms with van der Waals surface area (Å²) in [5, 5.41) is 10.7. The molecule has 5 heteroatoms. The Hall–Kier alpha value is -1.91. The highest BCUT2D eigenvalue weighted by Crippen LogP contribution is 2.14. The van der Waals surface area contributed by atoms with E-state index in [9.17, 15) is 14.9 Å². The molecule has 0 aromatic carbocycles. The van der Waals surface area contributed by atoms with Crippen LogP contribution in [0.4, 0.5) is 5.69 Å². The van der Waals surface area contributed by atoms with E-state index in [1.54, 1.807) is 6.92 Å². The largest absolute Gasteiger partial charge is 0.309 e. The van der Waals surface area contributed by atoms with Gasteiger partial charge < -0.3 is 4.57 Å². The smallest absolute Gasteiger partial charge is 0.288 e. The highest BCUT2D eigenvalue weighted by Gasteiger charge is 2.12. The number of pyridine rings is 1. The lowest BCUT2D eigenvalue weighted by Gasteiger charge is -2.04. The van der Waals surface area contributed by atoms with Gasteiger partial charge in [0.1, 0.15) is 0 Å². The molecule has 5 nitrogen and oxygen atoms in total. The van der Waals surface area contributed by atoms with E-state index in [2.05, 4.69) is 0 Å². The lowest BCUT2D eigenvalue weighted by Crippen LogP contribution is -2.19. The first kappa shape index (κ1) is 13.2. The fourth-order valence-electron chi connectivity index (χ4n) is 1.52. The second-order valence-corrected chi connectivity index (χ2v) is 3.80. The number of aromatic nitrogens is 1. The molecule has 0 saturated heterocycles. The molecule has 0 aliphatic rings. The van der Waals surface area contributed by atoms with Gasteiger partial charge in [0.05, 0.1) is 11.1 Å². The van der Waals surface area contributed by atoms with E-state index in [0.717, 1.165) is 6.42 Å². The zero-order valence-electron chi connectivity index (χ0n) is 10.0. The quantitative estimate of drug-likeness (QED) is 0.448. The molecule has 0 amide bonds. The Morgan fingerprint density at radius 2 is 2.18 bits per heavy atom. The van der Waals surface area contributed by atoms with Crippen molar-refractivity contribution in [1.82, 2.24) is 4.57 Å². The number of hydrogen-bond acceptors (Lipinski definition) is 3. The van der Waals surface area contributed by atoms with Crippen LogP contribution in [0.1, 0.15) is 25.3 Å². The van der Waals surface area contributed by atoms with E-state index < -0.39 is 4.92 Å². The molecule has 1 aromatic heterocycles. The molecule has 0 N–H and O–H groups in total. The molecule has 1 aromatic rings. The molecule has 1 rings (SSSR count). The zero-order chi connectivity index (χ0) is 12.8. The molecule has 0 spiro atoms. The van der Waals surface area contributed by atoms with Gasteiger partial charge in [-0.1, -0.05) is 19.1 Å². The summed E-state index contributed by atoms with van der Waals surface area (Å²) in [5.41, 5.74) is 0.197. The van der Waals surface area contributed by atoms with E-state index in [4.69, 9.17) is 0 Å². The number of allylic oxidation sites excluding steroid dienone is 2. The standard InChI is InChI=1S/C12H16N2O3/c1-3-4-5-6-7-13-9-11(14(16)17)10(2)8-12(13)15/h4-5,8-9H,3,6-7H2,1-2H3. The van der Waals surface area contributed by atoms with Crippen molar-refractivity contribution < 1.29 is 4.92 Å². The van der Waals surface area contributed by atoms with Gasteiger partial charge in [-0.05, 0) is 19.8 Å². The minimum absolute atomic E-state index is 0.0101. The Bertz CT molecular complexity index is 489. The highest BCUT2D eigenvalue weighted by molar-refractivity contribution is 5.35. The van der Waals surface area contributed by atoms with Crippen molar-refractivity contribution in [2.24, 2.45) is 0 Å². The third kappa shape index (κ3) is 3.55. The van der Waals surface area contributed by atoms with Crippen LogP contribution in [-0.2, 0) is 6.54 Å². The third-order valence-corrected chi connectivity index (χ3v) is 2.44. The number of nitrogens with zero attached hydrogens (tertiary/aromatic N) is 2. The minimum atomic E-state index is -0.465. The molecule has 0 saturated carbocycles. The summed E-state index contributed by atoms with van der Waals surface area (Å²) in [6.07, 6.45) is 6.94. The second-order valence-electron chi connectivity index (χ2n) is 3.80. The molecule has 0 radical (unpaired) electrons. The maximum absolute atomic E-state index is 11.6. The van der Waals surface area contributed by atoms with Crippen LogP contribution in [-0.4, -0.2) is 9.49 Å². The molecule has 0 fully saturated rings. The summed E-state index contributed by atoms with van der Waals surface area (Å²) in [6.45, 7) is 4.07. The number of nitro groups is 1. The molecule has 1 heterocycles. The maximum atomic E-state index is 11.6. The van der Waals surface area contributed by atoms with Crippen molar-refractivity contribution in [2.75, 3.05) is 0 Å². The topological polar surface area (TPSA) is 65.1 Å². The predicted molar refractivity (Wildman–Crippen MR) is 66.1 cm³/mol. The van der Waals surface area contributed by atoms with Crippen LogP contribution in [0.3, 0.4) is 0 Å². The monoisotopic (exact) mass is 236 g/mol. The number of aryl methyl sites for hydroxylation is 2. The lowest BCUT2D eigenvalue weighted by molar-refractivity contribution is -0.385. The van der Waals surface area contributed by atoms with Gasteiger partial charge in [0, 0.05) is 18.2 Å². The van der Waals surface area contributed by atoms with Gasteiger partial charge >= 0.3 is 0 Å². The van der Waals surface area contributed by atoms with Crippen LogP contribution < -0.4 is 5.56 Å². The van der Waals surface area contributed by atoms with E-state index in [0.29, 0.717) is 18.5 Å². The SMILES string of the molecule is CCC=CCCn1cc([N+](=O)[O-])c(C)cc1=O. The summed E-state index contributed by atoms with van der Waals surface area (Å²) in [5.74, 6) is 0. The molecule has 0 aliphatic carbocycles. The van der Waals surface area contributed by atoms with Gasteiger partial charge in [-0.3, -0.25) is 14.9 Å². The van der Waals surface area contributed by atoms with E-state index in [1.807, 2.05) is 19.1 Å². The van der Waals surface area contributed by atoms with Gasteiger partial charge in [0.2, 0.25) is 0 Å². The first-order valence-electron chi connectivity index (χ1n) is 5.56. The van der Waals surface area contributed by atoms with Gasteiger partial charge in [0.15, 0.2) is 0 Å². The molecule has 0 aliphatic heterocycles. The molecule has 92 valence electrons. The first-order valence-corrected chi connectivity index (χ1v) is 5.56. The summed E-state index contributed by atoms with van der Waals surface area (Å²) in [4.78, 5) is 21.9. The maximum Gasteiger partial charge on any atom is 0.288 e. The van der Waals surface area contributed by atoms with Gasteiger partial charge in [-0.25, -0.2) is 0 Å². The van der Waals surface area contributed by atoms with Gasteiger partial charge in [0.25, 0.3) is 11.2 Å². The molecule has 17 heavy (non-hydrogen) atoms. The van der Waals surface area contributed by atoms with Crippen molar-refractivity contribution in [3.63, 3.8) is 0 Å². The molecule has 0 atom stereocenters. The average molecular weight is 236 g/mol. The lowest BCUT2D eigenvalue weighted by atomic mass is 10.2. The summed E-state index contributed by atoms with van der Waals surface area (Å²) in [7, 11) is 0. The summed E-state index contributed by atoms with van der Waals surface area (Å²) in [6, 6.07) is 1.31. The number of hydrogen-bond donors (Lipinski definition) is 0. The van der Waals surface area contributed by atoms with Gasteiger partial charge in [-0.15, -0.1) is 0 Å². The second kappa shape index (κ2) is 5.98. The van der Waals surface area contributed by atoms with E-state index in [1.165, 1.54) is 16.8 Å². The van der Waals surface area contributed by atoms with E-state index in [-0.39, 0.29) is 11.2 Å². The average Bonchev–Trinajstić information content (AvgIpc) is 2.26. The van der Waals surface area contributed by atoms with Crippen molar-refractivity contribution in [1.29, 1.82) is 0 Å². The molecular formula is C12H16N2O3. The highest BCUT2D eigenvalue weighted by atomic mass is 16.6. The Morgan fingerprint density at radius 1 is 1.47 bits per heavy atom. The fourth-order valence-corrected chi connectivity index (χ4v) is 1.52. The van der Waals surface area contributed by atoms with Gasteiger partial charge in [-0.2, -0.15) is 0 Å². The molecular weight excluding hydrogens is 220 g/mol. The van der Waals surface area contributed by atoms with Crippen LogP contribution in [0.2, 0.25) is 0 Å². The normalized spacial score (nSPS) is 10.9. The van der Waals surface area contributed by atoms with Crippen LogP contribution in [0.5, 0.6) is 0 Å². The zero-order valence-corrected chi connectivity index (χ0v) is 10.0. The van der Waals surface area contributed by atoms with Crippen molar-refractivity contribution >= 4 is 5.69 Å². The number of rotatable bonds is 5. The summed E-state index contributed by atoms with van der Waals surface area (Å²) >= 11 is 0. The molecule has 0 bridgehead atoms. The Labute approximate surface area is 99.5 Å². The van der Waals surface area contributed by atoms with E-state index >= 15 is 0 Å².